The van der Waals surface area contributed by atoms with E-state index in [-0.39, 0.29) is 0 Å². The Hall–Kier alpha value is -1.06. The van der Waals surface area contributed by atoms with Crippen molar-refractivity contribution in [3.63, 3.8) is 0 Å². The maximum absolute atomic E-state index is 3.51. The molecule has 2 rings (SSSR count). The van der Waals surface area contributed by atoms with Gasteiger partial charge in [-0.15, -0.1) is 0 Å². The molecule has 1 aromatic rings. The molecule has 0 amide bonds. The van der Waals surface area contributed by atoms with Crippen LogP contribution in [0.2, 0.25) is 0 Å². The number of nitrogens with zero attached hydrogens (tertiary/aromatic N) is 2. The number of piperazine rings is 1. The van der Waals surface area contributed by atoms with Gasteiger partial charge in [0.1, 0.15) is 0 Å². The minimum atomic E-state index is 0.689. The van der Waals surface area contributed by atoms with Gasteiger partial charge in [0.05, 0.1) is 0 Å². The predicted molar refractivity (Wildman–Crippen MR) is 92.2 cm³/mol. The normalized spacial score (nSPS) is 18.0. The molecule has 21 heavy (non-hydrogen) atoms. The average Bonchev–Trinajstić information content (AvgIpc) is 2.51. The van der Waals surface area contributed by atoms with Gasteiger partial charge in [0.25, 0.3) is 0 Å². The van der Waals surface area contributed by atoms with Crippen LogP contribution in [0.1, 0.15) is 32.3 Å². The van der Waals surface area contributed by atoms with Crippen LogP contribution in [-0.2, 0) is 0 Å². The molecule has 1 unspecified atom stereocenters. The smallest absolute Gasteiger partial charge is 0.0369 e. The molecule has 1 heterocycles. The molecule has 1 N–H and O–H groups in total. The number of rotatable bonds is 7. The molecule has 0 radical (unpaired) electrons. The molecule has 0 bridgehead atoms. The van der Waals surface area contributed by atoms with Gasteiger partial charge >= 0.3 is 0 Å². The van der Waals surface area contributed by atoms with E-state index in [0.717, 1.165) is 26.2 Å². The maximum atomic E-state index is 3.51. The molecule has 0 saturated carbocycles. The molecular formula is C18H31N3. The molecule has 0 aliphatic carbocycles. The Labute approximate surface area is 130 Å². The Kier molecular flexibility index (Phi) is 6.52. The second-order valence-electron chi connectivity index (χ2n) is 6.25. The number of anilines is 1. The molecule has 1 aliphatic heterocycles. The Morgan fingerprint density at radius 2 is 1.90 bits per heavy atom. The first-order valence-electron chi connectivity index (χ1n) is 8.47. The van der Waals surface area contributed by atoms with Crippen LogP contribution in [0.4, 0.5) is 5.69 Å². The fraction of sp³-hybridized carbons (Fsp3) is 0.667. The summed E-state index contributed by atoms with van der Waals surface area (Å²) in [4.78, 5) is 5.16. The van der Waals surface area contributed by atoms with Gasteiger partial charge in [0, 0.05) is 37.9 Å². The van der Waals surface area contributed by atoms with Gasteiger partial charge in [-0.25, -0.2) is 0 Å². The van der Waals surface area contributed by atoms with Gasteiger partial charge in [-0.2, -0.15) is 0 Å². The zero-order chi connectivity index (χ0) is 15.1. The van der Waals surface area contributed by atoms with E-state index in [1.54, 1.807) is 0 Å². The van der Waals surface area contributed by atoms with E-state index in [1.165, 1.54) is 37.2 Å². The molecule has 1 saturated heterocycles. The Morgan fingerprint density at radius 3 is 2.57 bits per heavy atom. The lowest BCUT2D eigenvalue weighted by atomic mass is 10.1. The van der Waals surface area contributed by atoms with Gasteiger partial charge in [-0.3, -0.25) is 4.90 Å². The van der Waals surface area contributed by atoms with Crippen LogP contribution >= 0.6 is 0 Å². The first kappa shape index (κ1) is 16.3. The summed E-state index contributed by atoms with van der Waals surface area (Å²) in [6.45, 7) is 13.7. The van der Waals surface area contributed by atoms with Crippen molar-refractivity contribution < 1.29 is 0 Å². The quantitative estimate of drug-likeness (QED) is 0.779. The minimum absolute atomic E-state index is 0.689. The lowest BCUT2D eigenvalue weighted by Crippen LogP contribution is -2.50. The van der Waals surface area contributed by atoms with Crippen molar-refractivity contribution in [2.24, 2.45) is 0 Å². The molecule has 118 valence electrons. The van der Waals surface area contributed by atoms with Crippen LogP contribution in [0.15, 0.2) is 24.3 Å². The van der Waals surface area contributed by atoms with Crippen LogP contribution in [-0.4, -0.2) is 50.2 Å². The minimum Gasteiger partial charge on any atom is -0.369 e. The molecule has 0 spiro atoms. The second-order valence-corrected chi connectivity index (χ2v) is 6.25. The number of aryl methyl sites for hydroxylation is 1. The van der Waals surface area contributed by atoms with Crippen molar-refractivity contribution >= 4 is 5.69 Å². The van der Waals surface area contributed by atoms with Crippen molar-refractivity contribution in [3.8, 4) is 0 Å². The second kappa shape index (κ2) is 8.40. The van der Waals surface area contributed by atoms with Crippen LogP contribution in [0.3, 0.4) is 0 Å². The molecule has 1 aromatic carbocycles. The lowest BCUT2D eigenvalue weighted by molar-refractivity contribution is 0.188. The molecule has 3 heteroatoms. The number of hydrogen-bond donors (Lipinski definition) is 1. The molecule has 1 atom stereocenters. The summed E-state index contributed by atoms with van der Waals surface area (Å²) >= 11 is 0. The number of hydrogen-bond acceptors (Lipinski definition) is 3. The van der Waals surface area contributed by atoms with Crippen molar-refractivity contribution in [1.29, 1.82) is 0 Å². The Balaban J connectivity index is 1.75. The van der Waals surface area contributed by atoms with E-state index in [2.05, 4.69) is 60.2 Å². The van der Waals surface area contributed by atoms with Crippen LogP contribution < -0.4 is 10.2 Å². The zero-order valence-electron chi connectivity index (χ0n) is 13.9. The van der Waals surface area contributed by atoms with Crippen LogP contribution in [0.5, 0.6) is 0 Å². The van der Waals surface area contributed by atoms with Gasteiger partial charge < -0.3 is 10.2 Å². The molecule has 1 fully saturated rings. The largest absolute Gasteiger partial charge is 0.369 e. The molecule has 3 nitrogen and oxygen atoms in total. The topological polar surface area (TPSA) is 18.5 Å². The van der Waals surface area contributed by atoms with E-state index >= 15 is 0 Å². The monoisotopic (exact) mass is 289 g/mol. The number of nitrogens with one attached hydrogen (secondary N) is 1. The molecular weight excluding hydrogens is 258 g/mol. The summed E-state index contributed by atoms with van der Waals surface area (Å²) in [7, 11) is 0. The van der Waals surface area contributed by atoms with E-state index in [9.17, 15) is 0 Å². The zero-order valence-corrected chi connectivity index (χ0v) is 13.9. The van der Waals surface area contributed by atoms with E-state index in [4.69, 9.17) is 0 Å². The Morgan fingerprint density at radius 1 is 1.14 bits per heavy atom. The first-order chi connectivity index (χ1) is 10.2. The lowest BCUT2D eigenvalue weighted by Gasteiger charge is -2.39. The highest BCUT2D eigenvalue weighted by atomic mass is 15.3. The summed E-state index contributed by atoms with van der Waals surface area (Å²) in [5.41, 5.74) is 2.73. The fourth-order valence-corrected chi connectivity index (χ4v) is 3.04. The summed E-state index contributed by atoms with van der Waals surface area (Å²) in [6.07, 6.45) is 2.48. The third kappa shape index (κ3) is 5.01. The first-order valence-corrected chi connectivity index (χ1v) is 8.47. The molecule has 0 aromatic heterocycles. The highest BCUT2D eigenvalue weighted by Crippen LogP contribution is 2.18. The van der Waals surface area contributed by atoms with Gasteiger partial charge in [-0.1, -0.05) is 19.1 Å². The van der Waals surface area contributed by atoms with Crippen molar-refractivity contribution in [3.05, 3.63) is 29.8 Å². The van der Waals surface area contributed by atoms with E-state index in [1.807, 2.05) is 0 Å². The van der Waals surface area contributed by atoms with E-state index < -0.39 is 0 Å². The van der Waals surface area contributed by atoms with Crippen LogP contribution in [0, 0.1) is 6.92 Å². The highest BCUT2D eigenvalue weighted by molar-refractivity contribution is 5.48. The van der Waals surface area contributed by atoms with Gasteiger partial charge in [0.15, 0.2) is 0 Å². The fourth-order valence-electron chi connectivity index (χ4n) is 3.04. The molecule has 1 aliphatic rings. The van der Waals surface area contributed by atoms with Gasteiger partial charge in [0.2, 0.25) is 0 Å². The summed E-state index contributed by atoms with van der Waals surface area (Å²) < 4.78 is 0. The summed E-state index contributed by atoms with van der Waals surface area (Å²) in [6, 6.07) is 9.56. The predicted octanol–water partition coefficient (Wildman–Crippen LogP) is 2.90. The van der Waals surface area contributed by atoms with Gasteiger partial charge in [-0.05, 0) is 57.5 Å². The SMILES string of the molecule is CCCNCCC(C)N1CCN(c2cccc(C)c2)CC1. The summed E-state index contributed by atoms with van der Waals surface area (Å²) in [5, 5.41) is 3.51. The van der Waals surface area contributed by atoms with Crippen molar-refractivity contribution in [2.45, 2.75) is 39.7 Å². The maximum Gasteiger partial charge on any atom is 0.0369 e. The Bertz CT molecular complexity index is 411. The third-order valence-corrected chi connectivity index (χ3v) is 4.47. The highest BCUT2D eigenvalue weighted by Gasteiger charge is 2.20. The van der Waals surface area contributed by atoms with Crippen molar-refractivity contribution in [1.82, 2.24) is 10.2 Å². The number of benzene rings is 1. The van der Waals surface area contributed by atoms with Crippen molar-refractivity contribution in [2.75, 3.05) is 44.2 Å². The van der Waals surface area contributed by atoms with Crippen LogP contribution in [0.25, 0.3) is 0 Å². The average molecular weight is 289 g/mol. The standard InChI is InChI=1S/C18H31N3/c1-4-9-19-10-8-17(3)20-11-13-21(14-12-20)18-7-5-6-16(2)15-18/h5-7,15,17,19H,4,8-14H2,1-3H3. The summed E-state index contributed by atoms with van der Waals surface area (Å²) in [5.74, 6) is 0. The van der Waals surface area contributed by atoms with E-state index in [0.29, 0.717) is 6.04 Å². The third-order valence-electron chi connectivity index (χ3n) is 4.47.